The molecule has 0 N–H and O–H groups in total. The predicted octanol–water partition coefficient (Wildman–Crippen LogP) is 12.6. The lowest BCUT2D eigenvalue weighted by Gasteiger charge is -2.28. The average Bonchev–Trinajstić information content (AvgIpc) is 3.28. The summed E-state index contributed by atoms with van der Waals surface area (Å²) >= 11 is 0. The van der Waals surface area contributed by atoms with Crippen molar-refractivity contribution < 1.29 is 0 Å². The molecule has 1 aromatic heterocycles. The van der Waals surface area contributed by atoms with E-state index in [0.29, 0.717) is 29.0 Å². The first kappa shape index (κ1) is 34.3. The van der Waals surface area contributed by atoms with Crippen LogP contribution in [-0.4, -0.2) is 15.0 Å². The van der Waals surface area contributed by atoms with Crippen molar-refractivity contribution in [3.05, 3.63) is 214 Å². The molecule has 57 heavy (non-hydrogen) atoms. The summed E-state index contributed by atoms with van der Waals surface area (Å²) in [5, 5.41) is 12.8. The molecule has 0 aliphatic heterocycles. The van der Waals surface area contributed by atoms with Gasteiger partial charge in [-0.1, -0.05) is 159 Å². The standard InChI is InChI=1S/C53H38N4/c1-34-28-41-25-22-36-12-8-9-17-44(36)50(41)32-49(34)43-30-35(33-54)29-42(31-43)46-27-26-45(47-18-10-11-19-48(46)47)37-20-23-40(24-21-37)53-56-51(38-13-4-2-5-14-38)55-52(57-53)39-15-6-3-7-16-39/h2-25,27,29-32,34,45H,26,28H2,1H3. The molecule has 270 valence electrons. The van der Waals surface area contributed by atoms with E-state index in [2.05, 4.69) is 128 Å². The number of aromatic nitrogens is 3. The molecule has 10 rings (SSSR count). The van der Waals surface area contributed by atoms with Crippen molar-refractivity contribution in [3.63, 3.8) is 0 Å². The van der Waals surface area contributed by atoms with Crippen LogP contribution in [0.25, 0.3) is 62.2 Å². The van der Waals surface area contributed by atoms with Gasteiger partial charge < -0.3 is 0 Å². The summed E-state index contributed by atoms with van der Waals surface area (Å²) in [7, 11) is 0. The van der Waals surface area contributed by atoms with E-state index in [4.69, 9.17) is 15.0 Å². The van der Waals surface area contributed by atoms with Gasteiger partial charge in [0.25, 0.3) is 0 Å². The molecule has 2 aliphatic rings. The van der Waals surface area contributed by atoms with E-state index in [1.807, 2.05) is 60.7 Å². The Balaban J connectivity index is 0.995. The Morgan fingerprint density at radius 3 is 1.89 bits per heavy atom. The van der Waals surface area contributed by atoms with Crippen molar-refractivity contribution in [2.24, 2.45) is 5.92 Å². The monoisotopic (exact) mass is 730 g/mol. The highest BCUT2D eigenvalue weighted by atomic mass is 15.0. The first-order chi connectivity index (χ1) is 28.1. The van der Waals surface area contributed by atoms with Crippen molar-refractivity contribution in [3.8, 4) is 40.2 Å². The van der Waals surface area contributed by atoms with Crippen LogP contribution in [0.4, 0.5) is 0 Å². The minimum Gasteiger partial charge on any atom is -0.208 e. The SMILES string of the molecule is CC1Cc2ccc3ccccc3c2C=C1c1cc(C#N)cc(C2=CCC(c3ccc(-c4nc(-c5ccccc5)nc(-c5ccccc5)n4)cc3)c3ccccc32)c1. The Labute approximate surface area is 333 Å². The molecule has 4 nitrogen and oxygen atoms in total. The smallest absolute Gasteiger partial charge is 0.164 e. The highest BCUT2D eigenvalue weighted by Gasteiger charge is 2.26. The molecule has 0 bridgehead atoms. The number of fused-ring (bicyclic) bond motifs is 4. The highest BCUT2D eigenvalue weighted by Crippen LogP contribution is 2.44. The topological polar surface area (TPSA) is 62.5 Å². The summed E-state index contributed by atoms with van der Waals surface area (Å²) in [6, 6.07) is 59.7. The number of hydrogen-bond acceptors (Lipinski definition) is 4. The number of hydrogen-bond donors (Lipinski definition) is 0. The first-order valence-electron chi connectivity index (χ1n) is 19.6. The van der Waals surface area contributed by atoms with Gasteiger partial charge in [-0.05, 0) is 104 Å². The third-order valence-electron chi connectivity index (χ3n) is 11.6. The molecule has 4 heteroatoms. The van der Waals surface area contributed by atoms with Gasteiger partial charge in [0.05, 0.1) is 11.6 Å². The Hall–Kier alpha value is -7.22. The minimum atomic E-state index is 0.182. The molecule has 7 aromatic carbocycles. The third-order valence-corrected chi connectivity index (χ3v) is 11.6. The van der Waals surface area contributed by atoms with Gasteiger partial charge in [0, 0.05) is 22.6 Å². The summed E-state index contributed by atoms with van der Waals surface area (Å²) in [5.41, 5.74) is 14.6. The van der Waals surface area contributed by atoms with Gasteiger partial charge in [-0.3, -0.25) is 0 Å². The molecule has 8 aromatic rings. The summed E-state index contributed by atoms with van der Waals surface area (Å²) in [6.07, 6.45) is 6.56. The van der Waals surface area contributed by atoms with E-state index >= 15 is 0 Å². The lowest BCUT2D eigenvalue weighted by atomic mass is 9.76. The van der Waals surface area contributed by atoms with Crippen LogP contribution >= 0.6 is 0 Å². The highest BCUT2D eigenvalue weighted by molar-refractivity contribution is 5.99. The second kappa shape index (κ2) is 14.5. The van der Waals surface area contributed by atoms with Crippen LogP contribution in [0.5, 0.6) is 0 Å². The number of rotatable bonds is 6. The van der Waals surface area contributed by atoms with E-state index in [1.165, 1.54) is 49.7 Å². The zero-order chi connectivity index (χ0) is 38.3. The van der Waals surface area contributed by atoms with Crippen molar-refractivity contribution >= 4 is 28.0 Å². The lowest BCUT2D eigenvalue weighted by molar-refractivity contribution is 0.738. The zero-order valence-corrected chi connectivity index (χ0v) is 31.6. The largest absolute Gasteiger partial charge is 0.208 e. The fourth-order valence-corrected chi connectivity index (χ4v) is 8.72. The molecule has 0 saturated carbocycles. The molecule has 0 spiro atoms. The van der Waals surface area contributed by atoms with Crippen molar-refractivity contribution in [1.29, 1.82) is 5.26 Å². The Bertz CT molecular complexity index is 2860. The fourth-order valence-electron chi connectivity index (χ4n) is 8.72. The minimum absolute atomic E-state index is 0.182. The third kappa shape index (κ3) is 6.44. The van der Waals surface area contributed by atoms with Crippen LogP contribution in [0, 0.1) is 17.2 Å². The van der Waals surface area contributed by atoms with E-state index < -0.39 is 0 Å². The number of nitriles is 1. The van der Waals surface area contributed by atoms with Gasteiger partial charge in [0.1, 0.15) is 0 Å². The van der Waals surface area contributed by atoms with Gasteiger partial charge >= 0.3 is 0 Å². The van der Waals surface area contributed by atoms with Crippen LogP contribution in [0.1, 0.15) is 63.8 Å². The molecule has 0 amide bonds. The maximum absolute atomic E-state index is 10.3. The molecule has 0 saturated heterocycles. The van der Waals surface area contributed by atoms with Crippen molar-refractivity contribution in [2.75, 3.05) is 0 Å². The predicted molar refractivity (Wildman–Crippen MR) is 232 cm³/mol. The van der Waals surface area contributed by atoms with E-state index in [0.717, 1.165) is 40.7 Å². The van der Waals surface area contributed by atoms with Crippen LogP contribution < -0.4 is 0 Å². The van der Waals surface area contributed by atoms with E-state index in [9.17, 15) is 5.26 Å². The molecule has 0 radical (unpaired) electrons. The molecule has 1 heterocycles. The molecular weight excluding hydrogens is 693 g/mol. The molecule has 0 fully saturated rings. The first-order valence-corrected chi connectivity index (χ1v) is 19.6. The van der Waals surface area contributed by atoms with Crippen LogP contribution in [0.2, 0.25) is 0 Å². The van der Waals surface area contributed by atoms with Gasteiger partial charge in [0.2, 0.25) is 0 Å². The molecule has 2 unspecified atom stereocenters. The fraction of sp³-hybridized carbons (Fsp3) is 0.0943. The Morgan fingerprint density at radius 2 is 1.19 bits per heavy atom. The second-order valence-electron chi connectivity index (χ2n) is 15.1. The van der Waals surface area contributed by atoms with Crippen LogP contribution in [0.3, 0.4) is 0 Å². The molecule has 2 aliphatic carbocycles. The summed E-state index contributed by atoms with van der Waals surface area (Å²) in [6.45, 7) is 2.30. The summed E-state index contributed by atoms with van der Waals surface area (Å²) in [4.78, 5) is 14.8. The summed E-state index contributed by atoms with van der Waals surface area (Å²) in [5.74, 6) is 2.46. The van der Waals surface area contributed by atoms with Crippen LogP contribution in [0.15, 0.2) is 170 Å². The van der Waals surface area contributed by atoms with Crippen LogP contribution in [-0.2, 0) is 6.42 Å². The number of benzene rings is 7. The quantitative estimate of drug-likeness (QED) is 0.171. The Morgan fingerprint density at radius 1 is 0.579 bits per heavy atom. The average molecular weight is 731 g/mol. The van der Waals surface area contributed by atoms with Gasteiger partial charge in [0.15, 0.2) is 17.5 Å². The maximum Gasteiger partial charge on any atom is 0.164 e. The zero-order valence-electron chi connectivity index (χ0n) is 31.6. The molecular formula is C53H38N4. The number of allylic oxidation sites excluding steroid dienone is 2. The van der Waals surface area contributed by atoms with Crippen molar-refractivity contribution in [1.82, 2.24) is 15.0 Å². The summed E-state index contributed by atoms with van der Waals surface area (Å²) < 4.78 is 0. The maximum atomic E-state index is 10.3. The van der Waals surface area contributed by atoms with Crippen molar-refractivity contribution in [2.45, 2.75) is 25.7 Å². The van der Waals surface area contributed by atoms with E-state index in [-0.39, 0.29) is 5.92 Å². The Kier molecular flexibility index (Phi) is 8.69. The second-order valence-corrected chi connectivity index (χ2v) is 15.1. The number of nitrogens with zero attached hydrogens (tertiary/aromatic N) is 4. The molecule has 2 atom stereocenters. The normalized spacial score (nSPS) is 15.9. The van der Waals surface area contributed by atoms with Gasteiger partial charge in [-0.2, -0.15) is 5.26 Å². The van der Waals surface area contributed by atoms with Gasteiger partial charge in [-0.15, -0.1) is 0 Å². The van der Waals surface area contributed by atoms with Gasteiger partial charge in [-0.25, -0.2) is 15.0 Å². The van der Waals surface area contributed by atoms with E-state index in [1.54, 1.807) is 0 Å². The lowest BCUT2D eigenvalue weighted by Crippen LogP contribution is -2.11.